The third-order valence-electron chi connectivity index (χ3n) is 3.26. The minimum Gasteiger partial charge on any atom is -0.469 e. The van der Waals surface area contributed by atoms with E-state index in [0.717, 1.165) is 41.9 Å². The summed E-state index contributed by atoms with van der Waals surface area (Å²) >= 11 is 3.45. The quantitative estimate of drug-likeness (QED) is 0.796. The van der Waals surface area contributed by atoms with Gasteiger partial charge in [0.25, 0.3) is 0 Å². The Morgan fingerprint density at radius 3 is 3.00 bits per heavy atom. The molecule has 1 aromatic heterocycles. The van der Waals surface area contributed by atoms with Crippen molar-refractivity contribution in [3.63, 3.8) is 0 Å². The molecule has 0 radical (unpaired) electrons. The van der Waals surface area contributed by atoms with Crippen molar-refractivity contribution in [2.45, 2.75) is 31.7 Å². The van der Waals surface area contributed by atoms with Crippen molar-refractivity contribution in [1.82, 2.24) is 9.55 Å². The Hall–Kier alpha value is -0.880. The van der Waals surface area contributed by atoms with Crippen LogP contribution in [-0.4, -0.2) is 36.3 Å². The first-order chi connectivity index (χ1) is 8.69. The molecule has 0 saturated heterocycles. The molecule has 0 bridgehead atoms. The maximum Gasteiger partial charge on any atom is 0.314 e. The number of nitrogens with zero attached hydrogens (tertiary/aromatic N) is 2. The lowest BCUT2D eigenvalue weighted by molar-refractivity contribution is -0.143. The molecule has 1 aromatic rings. The summed E-state index contributed by atoms with van der Waals surface area (Å²) < 4.78 is 12.8. The van der Waals surface area contributed by atoms with E-state index >= 15 is 0 Å². The van der Waals surface area contributed by atoms with Crippen LogP contribution in [0.5, 0.6) is 0 Å². The van der Waals surface area contributed by atoms with Gasteiger partial charge in [-0.05, 0) is 28.8 Å². The molecular weight excluding hydrogens is 300 g/mol. The van der Waals surface area contributed by atoms with Crippen LogP contribution in [0, 0.1) is 0 Å². The summed E-state index contributed by atoms with van der Waals surface area (Å²) in [6.07, 6.45) is 2.54. The first kappa shape index (κ1) is 13.5. The molecule has 6 heteroatoms. The van der Waals surface area contributed by atoms with Crippen LogP contribution in [0.15, 0.2) is 4.60 Å². The van der Waals surface area contributed by atoms with E-state index in [-0.39, 0.29) is 11.9 Å². The monoisotopic (exact) mass is 316 g/mol. The SMILES string of the molecule is COCCc1nc(Br)c2n1CCCC2C(=O)OC. The Morgan fingerprint density at radius 2 is 2.33 bits per heavy atom. The standard InChI is InChI=1S/C12H17BrN2O3/c1-17-7-5-9-14-11(13)10-8(12(16)18-2)4-3-6-15(9)10/h8H,3-7H2,1-2H3. The average Bonchev–Trinajstić information content (AvgIpc) is 2.72. The molecule has 0 spiro atoms. The van der Waals surface area contributed by atoms with Crippen LogP contribution < -0.4 is 0 Å². The van der Waals surface area contributed by atoms with Gasteiger partial charge < -0.3 is 14.0 Å². The minimum absolute atomic E-state index is 0.185. The van der Waals surface area contributed by atoms with Gasteiger partial charge in [-0.15, -0.1) is 0 Å². The molecule has 0 aliphatic carbocycles. The summed E-state index contributed by atoms with van der Waals surface area (Å²) in [5.74, 6) is 0.573. The summed E-state index contributed by atoms with van der Waals surface area (Å²) in [5, 5.41) is 0. The van der Waals surface area contributed by atoms with E-state index in [0.29, 0.717) is 6.61 Å². The Bertz CT molecular complexity index is 445. The van der Waals surface area contributed by atoms with Gasteiger partial charge in [0.2, 0.25) is 0 Å². The van der Waals surface area contributed by atoms with E-state index in [2.05, 4.69) is 25.5 Å². The molecule has 0 saturated carbocycles. The largest absolute Gasteiger partial charge is 0.469 e. The highest BCUT2D eigenvalue weighted by atomic mass is 79.9. The fourth-order valence-electron chi connectivity index (χ4n) is 2.41. The molecule has 1 aliphatic heterocycles. The van der Waals surface area contributed by atoms with Gasteiger partial charge >= 0.3 is 5.97 Å². The van der Waals surface area contributed by atoms with Crippen LogP contribution in [0.4, 0.5) is 0 Å². The number of imidazole rings is 1. The summed E-state index contributed by atoms with van der Waals surface area (Å²) in [4.78, 5) is 16.3. The maximum atomic E-state index is 11.8. The highest BCUT2D eigenvalue weighted by Gasteiger charge is 2.32. The van der Waals surface area contributed by atoms with Gasteiger partial charge in [-0.1, -0.05) is 0 Å². The lowest BCUT2D eigenvalue weighted by atomic mass is 9.96. The Morgan fingerprint density at radius 1 is 1.56 bits per heavy atom. The number of esters is 1. The topological polar surface area (TPSA) is 53.4 Å². The molecule has 1 atom stereocenters. The predicted molar refractivity (Wildman–Crippen MR) is 69.5 cm³/mol. The third kappa shape index (κ3) is 2.44. The number of hydrogen-bond acceptors (Lipinski definition) is 4. The fraction of sp³-hybridized carbons (Fsp3) is 0.667. The predicted octanol–water partition coefficient (Wildman–Crippen LogP) is 1.88. The van der Waals surface area contributed by atoms with Crippen molar-refractivity contribution in [2.75, 3.05) is 20.8 Å². The number of hydrogen-bond donors (Lipinski definition) is 0. The summed E-state index contributed by atoms with van der Waals surface area (Å²) in [5.41, 5.74) is 0.944. The zero-order valence-electron chi connectivity index (χ0n) is 10.6. The molecule has 100 valence electrons. The normalized spacial score (nSPS) is 18.5. The number of carbonyl (C=O) groups excluding carboxylic acids is 1. The van der Waals surface area contributed by atoms with Gasteiger partial charge in [-0.25, -0.2) is 4.98 Å². The summed E-state index contributed by atoms with van der Waals surface area (Å²) in [6, 6.07) is 0. The smallest absolute Gasteiger partial charge is 0.314 e. The van der Waals surface area contributed by atoms with Crippen LogP contribution in [0.1, 0.15) is 30.3 Å². The van der Waals surface area contributed by atoms with E-state index in [1.807, 2.05) is 0 Å². The molecule has 0 amide bonds. The molecule has 2 rings (SSSR count). The van der Waals surface area contributed by atoms with Crippen LogP contribution in [0.25, 0.3) is 0 Å². The number of aromatic nitrogens is 2. The van der Waals surface area contributed by atoms with Crippen molar-refractivity contribution >= 4 is 21.9 Å². The lowest BCUT2D eigenvalue weighted by Crippen LogP contribution is -2.24. The molecular formula is C12H17BrN2O3. The lowest BCUT2D eigenvalue weighted by Gasteiger charge is -2.23. The maximum absolute atomic E-state index is 11.8. The first-order valence-corrected chi connectivity index (χ1v) is 6.80. The van der Waals surface area contributed by atoms with Crippen LogP contribution >= 0.6 is 15.9 Å². The highest BCUT2D eigenvalue weighted by molar-refractivity contribution is 9.10. The van der Waals surface area contributed by atoms with Gasteiger partial charge in [-0.3, -0.25) is 4.79 Å². The van der Waals surface area contributed by atoms with Crippen molar-refractivity contribution in [2.24, 2.45) is 0 Å². The molecule has 0 fully saturated rings. The molecule has 2 heterocycles. The molecule has 5 nitrogen and oxygen atoms in total. The fourth-order valence-corrected chi connectivity index (χ4v) is 3.10. The first-order valence-electron chi connectivity index (χ1n) is 6.00. The number of ether oxygens (including phenoxy) is 2. The average molecular weight is 317 g/mol. The number of rotatable bonds is 4. The zero-order valence-corrected chi connectivity index (χ0v) is 12.2. The second kappa shape index (κ2) is 5.84. The third-order valence-corrected chi connectivity index (χ3v) is 3.84. The zero-order chi connectivity index (χ0) is 13.1. The number of methoxy groups -OCH3 is 2. The highest BCUT2D eigenvalue weighted by Crippen LogP contribution is 2.34. The Balaban J connectivity index is 2.33. The molecule has 0 aromatic carbocycles. The van der Waals surface area contributed by atoms with Crippen molar-refractivity contribution in [1.29, 1.82) is 0 Å². The van der Waals surface area contributed by atoms with E-state index in [4.69, 9.17) is 9.47 Å². The number of fused-ring (bicyclic) bond motifs is 1. The Kier molecular flexibility index (Phi) is 4.40. The van der Waals surface area contributed by atoms with Crippen molar-refractivity contribution in [3.8, 4) is 0 Å². The van der Waals surface area contributed by atoms with Crippen LogP contribution in [0.2, 0.25) is 0 Å². The van der Waals surface area contributed by atoms with Gasteiger partial charge in [0.05, 0.1) is 25.3 Å². The molecule has 0 N–H and O–H groups in total. The molecule has 1 aliphatic rings. The summed E-state index contributed by atoms with van der Waals surface area (Å²) in [6.45, 7) is 1.53. The second-order valence-electron chi connectivity index (χ2n) is 4.32. The van der Waals surface area contributed by atoms with Gasteiger partial charge in [0, 0.05) is 20.1 Å². The molecule has 1 unspecified atom stereocenters. The van der Waals surface area contributed by atoms with Crippen LogP contribution in [-0.2, 0) is 27.2 Å². The number of carbonyl (C=O) groups is 1. The number of halogens is 1. The van der Waals surface area contributed by atoms with E-state index < -0.39 is 0 Å². The van der Waals surface area contributed by atoms with Gasteiger partial charge in [-0.2, -0.15) is 0 Å². The van der Waals surface area contributed by atoms with Gasteiger partial charge in [0.15, 0.2) is 0 Å². The van der Waals surface area contributed by atoms with E-state index in [1.165, 1.54) is 7.11 Å². The molecule has 18 heavy (non-hydrogen) atoms. The van der Waals surface area contributed by atoms with Crippen molar-refractivity contribution in [3.05, 3.63) is 16.1 Å². The second-order valence-corrected chi connectivity index (χ2v) is 5.07. The van der Waals surface area contributed by atoms with Gasteiger partial charge in [0.1, 0.15) is 10.4 Å². The summed E-state index contributed by atoms with van der Waals surface area (Å²) in [7, 11) is 3.10. The van der Waals surface area contributed by atoms with E-state index in [9.17, 15) is 4.79 Å². The van der Waals surface area contributed by atoms with E-state index in [1.54, 1.807) is 7.11 Å². The Labute approximate surface area is 115 Å². The minimum atomic E-state index is -0.207. The van der Waals surface area contributed by atoms with Crippen molar-refractivity contribution < 1.29 is 14.3 Å². The van der Waals surface area contributed by atoms with Crippen LogP contribution in [0.3, 0.4) is 0 Å².